The lowest BCUT2D eigenvalue weighted by molar-refractivity contribution is -0.115. The largest absolute Gasteiger partial charge is 0.349 e. The van der Waals surface area contributed by atoms with Gasteiger partial charge in [-0.3, -0.25) is 9.59 Å². The Bertz CT molecular complexity index is 519. The van der Waals surface area contributed by atoms with Gasteiger partial charge in [0.25, 0.3) is 5.91 Å². The second-order valence-electron chi connectivity index (χ2n) is 5.95. The number of anilines is 1. The maximum Gasteiger partial charge on any atom is 0.251 e. The van der Waals surface area contributed by atoms with Crippen molar-refractivity contribution in [2.75, 3.05) is 18.4 Å². The molecule has 0 bridgehead atoms. The number of nitrogens with one attached hydrogen (secondary N) is 3. The van der Waals surface area contributed by atoms with Crippen LogP contribution in [0.2, 0.25) is 0 Å². The van der Waals surface area contributed by atoms with E-state index in [-0.39, 0.29) is 11.8 Å². The highest BCUT2D eigenvalue weighted by molar-refractivity contribution is 5.96. The highest BCUT2D eigenvalue weighted by Crippen LogP contribution is 2.27. The van der Waals surface area contributed by atoms with Crippen molar-refractivity contribution in [1.29, 1.82) is 0 Å². The van der Waals surface area contributed by atoms with Crippen LogP contribution < -0.4 is 16.0 Å². The highest BCUT2D eigenvalue weighted by Gasteiger charge is 2.23. The Labute approximate surface area is 124 Å². The summed E-state index contributed by atoms with van der Waals surface area (Å²) in [7, 11) is 0. The van der Waals surface area contributed by atoms with Crippen LogP contribution in [0, 0.1) is 5.92 Å². The molecule has 0 spiro atoms. The zero-order valence-electron chi connectivity index (χ0n) is 12.0. The first-order valence-electron chi connectivity index (χ1n) is 7.62. The van der Waals surface area contributed by atoms with Gasteiger partial charge in [-0.1, -0.05) is 0 Å². The van der Waals surface area contributed by atoms with Gasteiger partial charge in [0.15, 0.2) is 0 Å². The average molecular weight is 287 g/mol. The molecule has 0 aliphatic heterocycles. The van der Waals surface area contributed by atoms with E-state index >= 15 is 0 Å². The van der Waals surface area contributed by atoms with Crippen molar-refractivity contribution in [1.82, 2.24) is 10.6 Å². The van der Waals surface area contributed by atoms with Crippen LogP contribution in [-0.2, 0) is 4.79 Å². The van der Waals surface area contributed by atoms with E-state index in [9.17, 15) is 9.59 Å². The summed E-state index contributed by atoms with van der Waals surface area (Å²) < 4.78 is 0. The summed E-state index contributed by atoms with van der Waals surface area (Å²) in [5.41, 5.74) is 1.35. The summed E-state index contributed by atoms with van der Waals surface area (Å²) >= 11 is 0. The van der Waals surface area contributed by atoms with Crippen molar-refractivity contribution >= 4 is 17.5 Å². The molecule has 1 aromatic rings. The molecule has 5 nitrogen and oxygen atoms in total. The van der Waals surface area contributed by atoms with Crippen molar-refractivity contribution in [3.63, 3.8) is 0 Å². The molecule has 1 aromatic carbocycles. The van der Waals surface area contributed by atoms with Crippen LogP contribution in [-0.4, -0.2) is 30.9 Å². The van der Waals surface area contributed by atoms with Gasteiger partial charge in [-0.2, -0.15) is 0 Å². The third-order valence-electron chi connectivity index (χ3n) is 3.76. The maximum atomic E-state index is 11.8. The van der Waals surface area contributed by atoms with Gasteiger partial charge in [-0.15, -0.1) is 0 Å². The van der Waals surface area contributed by atoms with Crippen LogP contribution in [0.1, 0.15) is 36.0 Å². The minimum Gasteiger partial charge on any atom is -0.349 e. The number of hydrogen-bond donors (Lipinski definition) is 3. The Morgan fingerprint density at radius 2 is 1.76 bits per heavy atom. The zero-order valence-corrected chi connectivity index (χ0v) is 12.0. The topological polar surface area (TPSA) is 70.2 Å². The highest BCUT2D eigenvalue weighted by atomic mass is 16.2. The molecular weight excluding hydrogens is 266 g/mol. The summed E-state index contributed by atoms with van der Waals surface area (Å²) in [5, 5.41) is 8.91. The molecule has 0 unspecified atom stereocenters. The first kappa shape index (κ1) is 14.1. The van der Waals surface area contributed by atoms with E-state index in [0.29, 0.717) is 18.2 Å². The molecule has 112 valence electrons. The fourth-order valence-electron chi connectivity index (χ4n) is 2.12. The van der Waals surface area contributed by atoms with Crippen LogP contribution in [0.4, 0.5) is 5.69 Å². The summed E-state index contributed by atoms with van der Waals surface area (Å²) in [6, 6.07) is 7.37. The summed E-state index contributed by atoms with van der Waals surface area (Å²) in [4.78, 5) is 23.6. The third-order valence-corrected chi connectivity index (χ3v) is 3.76. The van der Waals surface area contributed by atoms with Gasteiger partial charge in [0.05, 0.1) is 6.54 Å². The summed E-state index contributed by atoms with van der Waals surface area (Å²) in [5.74, 6) is 0.675. The molecular formula is C16H21N3O2. The minimum atomic E-state index is -0.0502. The predicted octanol–water partition coefficient (Wildman–Crippen LogP) is 1.52. The number of hydrogen-bond acceptors (Lipinski definition) is 3. The number of carbonyl (C=O) groups excluding carboxylic acids is 2. The SMILES string of the molecule is O=C(CNCC1CC1)Nc1ccc(C(=O)NC2CC2)cc1. The van der Waals surface area contributed by atoms with Crippen molar-refractivity contribution in [3.8, 4) is 0 Å². The van der Waals surface area contributed by atoms with Gasteiger partial charge in [-0.25, -0.2) is 0 Å². The minimum absolute atomic E-state index is 0.0403. The molecule has 2 saturated carbocycles. The number of amides is 2. The fraction of sp³-hybridized carbons (Fsp3) is 0.500. The second kappa shape index (κ2) is 6.26. The normalized spacial score (nSPS) is 17.3. The van der Waals surface area contributed by atoms with Gasteiger partial charge < -0.3 is 16.0 Å². The molecule has 0 saturated heterocycles. The molecule has 0 heterocycles. The molecule has 2 aliphatic carbocycles. The Hall–Kier alpha value is -1.88. The molecule has 0 atom stereocenters. The molecule has 0 aromatic heterocycles. The molecule has 2 aliphatic rings. The van der Waals surface area contributed by atoms with Gasteiger partial charge in [0, 0.05) is 17.3 Å². The molecule has 3 N–H and O–H groups in total. The molecule has 2 fully saturated rings. The Kier molecular flexibility index (Phi) is 4.20. The maximum absolute atomic E-state index is 11.8. The van der Waals surface area contributed by atoms with Crippen molar-refractivity contribution < 1.29 is 9.59 Å². The number of carbonyl (C=O) groups is 2. The summed E-state index contributed by atoms with van der Waals surface area (Å²) in [6.07, 6.45) is 4.71. The summed E-state index contributed by atoms with van der Waals surface area (Å²) in [6.45, 7) is 1.26. The zero-order chi connectivity index (χ0) is 14.7. The van der Waals surface area contributed by atoms with E-state index in [1.807, 2.05) is 0 Å². The molecule has 2 amide bonds. The van der Waals surface area contributed by atoms with Crippen LogP contribution in [0.15, 0.2) is 24.3 Å². The monoisotopic (exact) mass is 287 g/mol. The van der Waals surface area contributed by atoms with Crippen molar-refractivity contribution in [2.24, 2.45) is 5.92 Å². The predicted molar refractivity (Wildman–Crippen MR) is 81.2 cm³/mol. The average Bonchev–Trinajstić information content (AvgIpc) is 3.34. The number of benzene rings is 1. The van der Waals surface area contributed by atoms with E-state index in [2.05, 4.69) is 16.0 Å². The van der Waals surface area contributed by atoms with E-state index in [0.717, 1.165) is 31.0 Å². The first-order chi connectivity index (χ1) is 10.2. The van der Waals surface area contributed by atoms with Gasteiger partial charge in [0.2, 0.25) is 5.91 Å². The molecule has 21 heavy (non-hydrogen) atoms. The smallest absolute Gasteiger partial charge is 0.251 e. The second-order valence-corrected chi connectivity index (χ2v) is 5.95. The van der Waals surface area contributed by atoms with Gasteiger partial charge >= 0.3 is 0 Å². The lowest BCUT2D eigenvalue weighted by atomic mass is 10.2. The van der Waals surface area contributed by atoms with Crippen molar-refractivity contribution in [2.45, 2.75) is 31.7 Å². The van der Waals surface area contributed by atoms with Crippen LogP contribution in [0.25, 0.3) is 0 Å². The molecule has 0 radical (unpaired) electrons. The molecule has 3 rings (SSSR count). The Morgan fingerprint density at radius 1 is 1.05 bits per heavy atom. The Balaban J connectivity index is 1.44. The van der Waals surface area contributed by atoms with Gasteiger partial charge in [0.1, 0.15) is 0 Å². The first-order valence-corrected chi connectivity index (χ1v) is 7.62. The lowest BCUT2D eigenvalue weighted by Gasteiger charge is -2.07. The van der Waals surface area contributed by atoms with E-state index in [1.54, 1.807) is 24.3 Å². The van der Waals surface area contributed by atoms with Gasteiger partial charge in [-0.05, 0) is 62.4 Å². The fourth-order valence-corrected chi connectivity index (χ4v) is 2.12. The van der Waals surface area contributed by atoms with Crippen LogP contribution >= 0.6 is 0 Å². The quantitative estimate of drug-likeness (QED) is 0.712. The Morgan fingerprint density at radius 3 is 2.38 bits per heavy atom. The van der Waals surface area contributed by atoms with Crippen LogP contribution in [0.3, 0.4) is 0 Å². The number of rotatable bonds is 7. The van der Waals surface area contributed by atoms with E-state index < -0.39 is 0 Å². The van der Waals surface area contributed by atoms with E-state index in [4.69, 9.17) is 0 Å². The standard InChI is InChI=1S/C16H21N3O2/c20-15(10-17-9-11-1-2-11)18-13-5-3-12(4-6-13)16(21)19-14-7-8-14/h3-6,11,14,17H,1-2,7-10H2,(H,18,20)(H,19,21). The lowest BCUT2D eigenvalue weighted by Crippen LogP contribution is -2.29. The van der Waals surface area contributed by atoms with E-state index in [1.165, 1.54) is 12.8 Å². The molecule has 5 heteroatoms. The third kappa shape index (κ3) is 4.56. The van der Waals surface area contributed by atoms with Crippen LogP contribution in [0.5, 0.6) is 0 Å². The van der Waals surface area contributed by atoms with Crippen molar-refractivity contribution in [3.05, 3.63) is 29.8 Å².